The molecule has 0 bridgehead atoms. The molecule has 1 rings (SSSR count). The average Bonchev–Trinajstić information content (AvgIpc) is 2.58. The van der Waals surface area contributed by atoms with Crippen molar-refractivity contribution in [2.75, 3.05) is 6.61 Å². The van der Waals surface area contributed by atoms with Crippen LogP contribution >= 0.6 is 0 Å². The fourth-order valence-corrected chi connectivity index (χ4v) is 3.29. The van der Waals surface area contributed by atoms with E-state index in [0.717, 1.165) is 25.7 Å². The molecule has 102 valence electrons. The van der Waals surface area contributed by atoms with E-state index >= 15 is 0 Å². The summed E-state index contributed by atoms with van der Waals surface area (Å²) in [6.07, 6.45) is 12.6. The highest BCUT2D eigenvalue weighted by Gasteiger charge is 2.30. The van der Waals surface area contributed by atoms with Gasteiger partial charge in [-0.15, -0.1) is 0 Å². The molecule has 0 atom stereocenters. The largest absolute Gasteiger partial charge is 0.394 e. The zero-order valence-corrected chi connectivity index (χ0v) is 11.8. The van der Waals surface area contributed by atoms with Crippen LogP contribution in [0, 0.1) is 0 Å². The maximum atomic E-state index is 9.78. The first-order valence-corrected chi connectivity index (χ1v) is 7.65. The first kappa shape index (κ1) is 15.0. The van der Waals surface area contributed by atoms with E-state index in [9.17, 15) is 5.11 Å². The molecule has 1 aliphatic carbocycles. The third-order valence-corrected chi connectivity index (χ3v) is 4.13. The van der Waals surface area contributed by atoms with E-state index in [2.05, 4.69) is 19.2 Å². The molecule has 17 heavy (non-hydrogen) atoms. The summed E-state index contributed by atoms with van der Waals surface area (Å²) in [5.74, 6) is 0. The monoisotopic (exact) mass is 241 g/mol. The van der Waals surface area contributed by atoms with E-state index in [-0.39, 0.29) is 5.54 Å². The molecule has 0 aromatic carbocycles. The van der Waals surface area contributed by atoms with Crippen molar-refractivity contribution in [3.8, 4) is 0 Å². The minimum absolute atomic E-state index is 0.00148. The molecule has 0 saturated heterocycles. The van der Waals surface area contributed by atoms with Gasteiger partial charge in [-0.2, -0.15) is 0 Å². The summed E-state index contributed by atoms with van der Waals surface area (Å²) in [5.41, 5.74) is -0.00148. The number of rotatable bonds is 7. The highest BCUT2D eigenvalue weighted by Crippen LogP contribution is 2.24. The molecule has 2 N–H and O–H groups in total. The Hall–Kier alpha value is -0.0800. The van der Waals surface area contributed by atoms with Crippen LogP contribution in [-0.2, 0) is 0 Å². The number of aliphatic hydroxyl groups excluding tert-OH is 1. The van der Waals surface area contributed by atoms with Crippen LogP contribution in [0.2, 0.25) is 0 Å². The van der Waals surface area contributed by atoms with E-state index in [1.165, 1.54) is 38.5 Å². The van der Waals surface area contributed by atoms with Gasteiger partial charge < -0.3 is 10.4 Å². The summed E-state index contributed by atoms with van der Waals surface area (Å²) in [6.45, 7) is 4.73. The van der Waals surface area contributed by atoms with Gasteiger partial charge >= 0.3 is 0 Å². The van der Waals surface area contributed by atoms with Gasteiger partial charge in [0, 0.05) is 11.6 Å². The predicted molar refractivity (Wildman–Crippen MR) is 74.3 cm³/mol. The Morgan fingerprint density at radius 2 is 1.53 bits per heavy atom. The van der Waals surface area contributed by atoms with Crippen molar-refractivity contribution in [2.24, 2.45) is 0 Å². The van der Waals surface area contributed by atoms with Crippen molar-refractivity contribution >= 4 is 0 Å². The van der Waals surface area contributed by atoms with Gasteiger partial charge in [0.15, 0.2) is 0 Å². The van der Waals surface area contributed by atoms with Crippen molar-refractivity contribution in [2.45, 2.75) is 89.6 Å². The Bertz CT molecular complexity index is 179. The number of hydrogen-bond acceptors (Lipinski definition) is 2. The van der Waals surface area contributed by atoms with Gasteiger partial charge in [0.2, 0.25) is 0 Å². The van der Waals surface area contributed by atoms with Gasteiger partial charge in [0.1, 0.15) is 0 Å². The van der Waals surface area contributed by atoms with Crippen molar-refractivity contribution in [3.63, 3.8) is 0 Å². The Morgan fingerprint density at radius 3 is 1.94 bits per heavy atom. The zero-order valence-electron chi connectivity index (χ0n) is 11.8. The average molecular weight is 241 g/mol. The van der Waals surface area contributed by atoms with E-state index < -0.39 is 0 Å². The van der Waals surface area contributed by atoms with Crippen molar-refractivity contribution in [1.82, 2.24) is 5.32 Å². The second kappa shape index (κ2) is 8.10. The van der Waals surface area contributed by atoms with Crippen LogP contribution in [0.15, 0.2) is 0 Å². The second-order valence-corrected chi connectivity index (χ2v) is 5.77. The summed E-state index contributed by atoms with van der Waals surface area (Å²) in [4.78, 5) is 0. The lowest BCUT2D eigenvalue weighted by Gasteiger charge is -2.37. The third-order valence-electron chi connectivity index (χ3n) is 4.13. The Kier molecular flexibility index (Phi) is 7.14. The Morgan fingerprint density at radius 1 is 1.00 bits per heavy atom. The van der Waals surface area contributed by atoms with Crippen LogP contribution in [0.1, 0.15) is 78.1 Å². The van der Waals surface area contributed by atoms with Crippen LogP contribution in [0.3, 0.4) is 0 Å². The molecule has 0 aliphatic heterocycles. The standard InChI is InChI=1S/C15H31NO/c1-3-11-15(13-17,12-4-2)16-14-9-7-5-6-8-10-14/h14,16-17H,3-13H2,1-2H3. The predicted octanol–water partition coefficient (Wildman–Crippen LogP) is 3.63. The molecule has 0 unspecified atom stereocenters. The first-order valence-electron chi connectivity index (χ1n) is 7.65. The highest BCUT2D eigenvalue weighted by molar-refractivity contribution is 4.90. The molecular formula is C15H31NO. The molecule has 0 spiro atoms. The maximum Gasteiger partial charge on any atom is 0.0613 e. The van der Waals surface area contributed by atoms with Crippen LogP contribution in [0.25, 0.3) is 0 Å². The smallest absolute Gasteiger partial charge is 0.0613 e. The second-order valence-electron chi connectivity index (χ2n) is 5.77. The lowest BCUT2D eigenvalue weighted by molar-refractivity contribution is 0.123. The summed E-state index contributed by atoms with van der Waals surface area (Å²) in [7, 11) is 0. The summed E-state index contributed by atoms with van der Waals surface area (Å²) >= 11 is 0. The molecule has 1 fully saturated rings. The molecule has 1 aliphatic rings. The van der Waals surface area contributed by atoms with Gasteiger partial charge in [0.05, 0.1) is 6.61 Å². The van der Waals surface area contributed by atoms with E-state index in [1.807, 2.05) is 0 Å². The summed E-state index contributed by atoms with van der Waals surface area (Å²) in [6, 6.07) is 0.641. The van der Waals surface area contributed by atoms with Crippen LogP contribution < -0.4 is 5.32 Å². The Balaban J connectivity index is 2.55. The maximum absolute atomic E-state index is 9.78. The molecule has 2 heteroatoms. The van der Waals surface area contributed by atoms with Crippen molar-refractivity contribution in [3.05, 3.63) is 0 Å². The first-order chi connectivity index (χ1) is 8.26. The molecule has 1 saturated carbocycles. The molecule has 0 aromatic heterocycles. The van der Waals surface area contributed by atoms with Gasteiger partial charge in [-0.3, -0.25) is 0 Å². The van der Waals surface area contributed by atoms with E-state index in [0.29, 0.717) is 12.6 Å². The van der Waals surface area contributed by atoms with Crippen molar-refractivity contribution in [1.29, 1.82) is 0 Å². The minimum atomic E-state index is -0.00148. The van der Waals surface area contributed by atoms with Crippen molar-refractivity contribution < 1.29 is 5.11 Å². The summed E-state index contributed by atoms with van der Waals surface area (Å²) < 4.78 is 0. The quantitative estimate of drug-likeness (QED) is 0.667. The van der Waals surface area contributed by atoms with Gasteiger partial charge in [0.25, 0.3) is 0 Å². The Labute approximate surface area is 107 Å². The molecule has 0 heterocycles. The fourth-order valence-electron chi connectivity index (χ4n) is 3.29. The van der Waals surface area contributed by atoms with E-state index in [4.69, 9.17) is 0 Å². The topological polar surface area (TPSA) is 32.3 Å². The van der Waals surface area contributed by atoms with Crippen LogP contribution in [0.4, 0.5) is 0 Å². The minimum Gasteiger partial charge on any atom is -0.394 e. The lowest BCUT2D eigenvalue weighted by Crippen LogP contribution is -2.53. The highest BCUT2D eigenvalue weighted by atomic mass is 16.3. The molecule has 2 nitrogen and oxygen atoms in total. The normalized spacial score (nSPS) is 19.2. The van der Waals surface area contributed by atoms with Gasteiger partial charge in [-0.1, -0.05) is 52.4 Å². The SMILES string of the molecule is CCCC(CO)(CCC)NC1CCCCCC1. The van der Waals surface area contributed by atoms with Gasteiger partial charge in [-0.05, 0) is 25.7 Å². The lowest BCUT2D eigenvalue weighted by atomic mass is 9.87. The summed E-state index contributed by atoms with van der Waals surface area (Å²) in [5, 5.41) is 13.6. The third kappa shape index (κ3) is 4.97. The number of nitrogens with one attached hydrogen (secondary N) is 1. The molecular weight excluding hydrogens is 210 g/mol. The molecule has 0 aromatic rings. The fraction of sp³-hybridized carbons (Fsp3) is 1.00. The van der Waals surface area contributed by atoms with E-state index in [1.54, 1.807) is 0 Å². The van der Waals surface area contributed by atoms with Crippen LogP contribution in [0.5, 0.6) is 0 Å². The molecule has 0 radical (unpaired) electrons. The number of hydrogen-bond donors (Lipinski definition) is 2. The molecule has 0 amide bonds. The van der Waals surface area contributed by atoms with Crippen LogP contribution in [-0.4, -0.2) is 23.3 Å². The zero-order chi connectivity index (χ0) is 12.6. The number of aliphatic hydroxyl groups is 1. The van der Waals surface area contributed by atoms with Gasteiger partial charge in [-0.25, -0.2) is 0 Å².